The van der Waals surface area contributed by atoms with Crippen molar-refractivity contribution >= 4 is 5.69 Å². The third-order valence-electron chi connectivity index (χ3n) is 2.80. The number of nitrogens with zero attached hydrogens (tertiary/aromatic N) is 3. The molecule has 1 rings (SSSR count). The minimum atomic E-state index is -0.355. The van der Waals surface area contributed by atoms with Crippen molar-refractivity contribution < 1.29 is 4.92 Å². The van der Waals surface area contributed by atoms with Gasteiger partial charge in [0, 0.05) is 19.0 Å². The zero-order valence-electron chi connectivity index (χ0n) is 10.6. The normalized spacial score (nSPS) is 12.7. The summed E-state index contributed by atoms with van der Waals surface area (Å²) in [5.41, 5.74) is 7.14. The SMILES string of the molecule is CCCn1nc(C)c([N+](=O)[O-])c1CC(N)CC. The van der Waals surface area contributed by atoms with Crippen molar-refractivity contribution in [1.29, 1.82) is 0 Å². The number of nitrogens with two attached hydrogens (primary N) is 1. The molecule has 6 nitrogen and oxygen atoms in total. The molecule has 0 fully saturated rings. The topological polar surface area (TPSA) is 87.0 Å². The Bertz CT molecular complexity index is 400. The highest BCUT2D eigenvalue weighted by atomic mass is 16.6. The van der Waals surface area contributed by atoms with Crippen molar-refractivity contribution in [2.75, 3.05) is 0 Å². The molecule has 1 aromatic rings. The predicted molar refractivity (Wildman–Crippen MR) is 65.9 cm³/mol. The first-order valence-electron chi connectivity index (χ1n) is 5.97. The largest absolute Gasteiger partial charge is 0.327 e. The van der Waals surface area contributed by atoms with Crippen LogP contribution in [0.2, 0.25) is 0 Å². The molecule has 0 aliphatic carbocycles. The summed E-state index contributed by atoms with van der Waals surface area (Å²) in [6, 6.07) is -0.0552. The van der Waals surface area contributed by atoms with Gasteiger partial charge >= 0.3 is 5.69 Å². The average molecular weight is 240 g/mol. The highest BCUT2D eigenvalue weighted by Crippen LogP contribution is 2.24. The first-order valence-corrected chi connectivity index (χ1v) is 5.97. The van der Waals surface area contributed by atoms with E-state index in [1.165, 1.54) is 0 Å². The Kier molecular flexibility index (Phi) is 4.62. The first kappa shape index (κ1) is 13.6. The lowest BCUT2D eigenvalue weighted by molar-refractivity contribution is -0.386. The van der Waals surface area contributed by atoms with E-state index >= 15 is 0 Å². The molecular weight excluding hydrogens is 220 g/mol. The molecule has 0 aliphatic rings. The third kappa shape index (κ3) is 3.03. The smallest absolute Gasteiger partial charge is 0.313 e. The molecule has 6 heteroatoms. The van der Waals surface area contributed by atoms with Crippen molar-refractivity contribution in [1.82, 2.24) is 9.78 Å². The first-order chi connectivity index (χ1) is 8.01. The summed E-state index contributed by atoms with van der Waals surface area (Å²) >= 11 is 0. The van der Waals surface area contributed by atoms with Gasteiger partial charge in [-0.3, -0.25) is 14.8 Å². The number of rotatable bonds is 6. The fourth-order valence-electron chi connectivity index (χ4n) is 1.85. The minimum absolute atomic E-state index is 0.0552. The zero-order valence-corrected chi connectivity index (χ0v) is 10.6. The lowest BCUT2D eigenvalue weighted by Gasteiger charge is -2.10. The van der Waals surface area contributed by atoms with E-state index in [9.17, 15) is 10.1 Å². The van der Waals surface area contributed by atoms with Gasteiger partial charge in [-0.2, -0.15) is 5.10 Å². The molecule has 96 valence electrons. The van der Waals surface area contributed by atoms with Crippen LogP contribution in [-0.2, 0) is 13.0 Å². The van der Waals surface area contributed by atoms with Gasteiger partial charge < -0.3 is 5.73 Å². The van der Waals surface area contributed by atoms with E-state index in [2.05, 4.69) is 5.10 Å². The Balaban J connectivity index is 3.15. The maximum Gasteiger partial charge on any atom is 0.313 e. The zero-order chi connectivity index (χ0) is 13.0. The molecular formula is C11H20N4O2. The van der Waals surface area contributed by atoms with E-state index < -0.39 is 0 Å². The molecule has 0 saturated carbocycles. The second kappa shape index (κ2) is 5.77. The molecule has 1 heterocycles. The van der Waals surface area contributed by atoms with E-state index in [1.54, 1.807) is 11.6 Å². The molecule has 0 aromatic carbocycles. The van der Waals surface area contributed by atoms with Crippen LogP contribution >= 0.6 is 0 Å². The van der Waals surface area contributed by atoms with Gasteiger partial charge in [-0.15, -0.1) is 0 Å². The Morgan fingerprint density at radius 1 is 1.53 bits per heavy atom. The van der Waals surface area contributed by atoms with Crippen molar-refractivity contribution in [2.45, 2.75) is 52.6 Å². The van der Waals surface area contributed by atoms with Crippen LogP contribution in [0.4, 0.5) is 5.69 Å². The monoisotopic (exact) mass is 240 g/mol. The van der Waals surface area contributed by atoms with E-state index in [4.69, 9.17) is 5.73 Å². The summed E-state index contributed by atoms with van der Waals surface area (Å²) < 4.78 is 1.73. The second-order valence-electron chi connectivity index (χ2n) is 4.23. The molecule has 1 aromatic heterocycles. The highest BCUT2D eigenvalue weighted by molar-refractivity contribution is 5.41. The van der Waals surface area contributed by atoms with Crippen LogP contribution in [-0.4, -0.2) is 20.7 Å². The van der Waals surface area contributed by atoms with Gasteiger partial charge in [0.05, 0.1) is 4.92 Å². The summed E-state index contributed by atoms with van der Waals surface area (Å²) in [7, 11) is 0. The van der Waals surface area contributed by atoms with Gasteiger partial charge in [0.2, 0.25) is 0 Å². The molecule has 2 N–H and O–H groups in total. The lowest BCUT2D eigenvalue weighted by atomic mass is 10.1. The summed E-state index contributed by atoms with van der Waals surface area (Å²) in [5.74, 6) is 0. The fraction of sp³-hybridized carbons (Fsp3) is 0.727. The van der Waals surface area contributed by atoms with Crippen LogP contribution in [0.25, 0.3) is 0 Å². The second-order valence-corrected chi connectivity index (χ2v) is 4.23. The van der Waals surface area contributed by atoms with E-state index in [1.807, 2.05) is 13.8 Å². The number of hydrogen-bond donors (Lipinski definition) is 1. The van der Waals surface area contributed by atoms with Crippen LogP contribution in [0.1, 0.15) is 38.1 Å². The van der Waals surface area contributed by atoms with E-state index in [0.29, 0.717) is 24.4 Å². The summed E-state index contributed by atoms with van der Waals surface area (Å²) in [6.07, 6.45) is 2.20. The molecule has 1 atom stereocenters. The molecule has 17 heavy (non-hydrogen) atoms. The number of aromatic nitrogens is 2. The minimum Gasteiger partial charge on any atom is -0.327 e. The number of aryl methyl sites for hydroxylation is 2. The van der Waals surface area contributed by atoms with Crippen molar-refractivity contribution in [3.8, 4) is 0 Å². The van der Waals surface area contributed by atoms with E-state index in [0.717, 1.165) is 12.8 Å². The van der Waals surface area contributed by atoms with Gasteiger partial charge in [0.15, 0.2) is 0 Å². The van der Waals surface area contributed by atoms with Crippen LogP contribution < -0.4 is 5.73 Å². The maximum atomic E-state index is 11.0. The van der Waals surface area contributed by atoms with E-state index in [-0.39, 0.29) is 16.7 Å². The molecule has 1 unspecified atom stereocenters. The van der Waals surface area contributed by atoms with Gasteiger partial charge in [-0.25, -0.2) is 0 Å². The maximum absolute atomic E-state index is 11.0. The van der Waals surface area contributed by atoms with Gasteiger partial charge in [0.1, 0.15) is 11.4 Å². The number of nitro groups is 1. The average Bonchev–Trinajstić information content (AvgIpc) is 2.55. The Hall–Kier alpha value is -1.43. The molecule has 0 aliphatic heterocycles. The van der Waals surface area contributed by atoms with Gasteiger partial charge in [0.25, 0.3) is 0 Å². The van der Waals surface area contributed by atoms with Crippen molar-refractivity contribution in [3.63, 3.8) is 0 Å². The highest BCUT2D eigenvalue weighted by Gasteiger charge is 2.25. The van der Waals surface area contributed by atoms with Gasteiger partial charge in [-0.1, -0.05) is 13.8 Å². The molecule has 0 spiro atoms. The van der Waals surface area contributed by atoms with Gasteiger partial charge in [-0.05, 0) is 19.8 Å². The molecule has 0 amide bonds. The Labute approximate surface area is 101 Å². The van der Waals surface area contributed by atoms with Crippen LogP contribution in [0.5, 0.6) is 0 Å². The van der Waals surface area contributed by atoms with Crippen molar-refractivity contribution in [2.24, 2.45) is 5.73 Å². The third-order valence-corrected chi connectivity index (χ3v) is 2.80. The number of hydrogen-bond acceptors (Lipinski definition) is 4. The lowest BCUT2D eigenvalue weighted by Crippen LogP contribution is -2.23. The van der Waals surface area contributed by atoms with Crippen LogP contribution in [0.3, 0.4) is 0 Å². The molecule has 0 bridgehead atoms. The quantitative estimate of drug-likeness (QED) is 0.606. The fourth-order valence-corrected chi connectivity index (χ4v) is 1.85. The molecule has 0 radical (unpaired) electrons. The predicted octanol–water partition coefficient (Wildman–Crippen LogP) is 1.79. The summed E-state index contributed by atoms with van der Waals surface area (Å²) in [6.45, 7) is 6.36. The van der Waals surface area contributed by atoms with Crippen molar-refractivity contribution in [3.05, 3.63) is 21.5 Å². The Morgan fingerprint density at radius 2 is 2.18 bits per heavy atom. The van der Waals surface area contributed by atoms with Crippen LogP contribution in [0, 0.1) is 17.0 Å². The standard InChI is InChI=1S/C11H20N4O2/c1-4-6-14-10(7-9(12)5-2)11(15(16)17)8(3)13-14/h9H,4-7,12H2,1-3H3. The molecule has 0 saturated heterocycles. The summed E-state index contributed by atoms with van der Waals surface area (Å²) in [5, 5.41) is 15.3. The Morgan fingerprint density at radius 3 is 2.65 bits per heavy atom. The van der Waals surface area contributed by atoms with Crippen LogP contribution in [0.15, 0.2) is 0 Å². The summed E-state index contributed by atoms with van der Waals surface area (Å²) in [4.78, 5) is 10.7.